The number of phenols is 2. The van der Waals surface area contributed by atoms with Crippen molar-refractivity contribution in [3.05, 3.63) is 23.3 Å². The molecule has 29 heavy (non-hydrogen) atoms. The van der Waals surface area contributed by atoms with Crippen LogP contribution in [-0.2, 0) is 5.41 Å². The van der Waals surface area contributed by atoms with Crippen molar-refractivity contribution in [2.24, 2.45) is 17.8 Å². The van der Waals surface area contributed by atoms with Crippen LogP contribution in [0.15, 0.2) is 12.1 Å². The van der Waals surface area contributed by atoms with Crippen LogP contribution < -0.4 is 0 Å². The maximum atomic E-state index is 11.0. The van der Waals surface area contributed by atoms with E-state index in [1.54, 1.807) is 0 Å². The molecule has 0 aromatic heterocycles. The smallest absolute Gasteiger partial charge is 0.123 e. The second-order valence-electron chi connectivity index (χ2n) is 10.0. The van der Waals surface area contributed by atoms with Gasteiger partial charge in [0.05, 0.1) is 0 Å². The number of benzene rings is 1. The summed E-state index contributed by atoms with van der Waals surface area (Å²) in [5.74, 6) is 1.70. The minimum Gasteiger partial charge on any atom is -0.508 e. The van der Waals surface area contributed by atoms with E-state index in [0.29, 0.717) is 17.4 Å². The first-order chi connectivity index (χ1) is 13.7. The largest absolute Gasteiger partial charge is 0.508 e. The molecule has 2 rings (SSSR count). The van der Waals surface area contributed by atoms with Crippen molar-refractivity contribution in [2.75, 3.05) is 11.9 Å². The first-order valence-electron chi connectivity index (χ1n) is 11.4. The highest BCUT2D eigenvalue weighted by Crippen LogP contribution is 2.50. The van der Waals surface area contributed by atoms with Gasteiger partial charge < -0.3 is 15.3 Å². The van der Waals surface area contributed by atoms with Gasteiger partial charge in [0.2, 0.25) is 0 Å². The van der Waals surface area contributed by atoms with Gasteiger partial charge in [-0.25, -0.2) is 0 Å². The summed E-state index contributed by atoms with van der Waals surface area (Å²) in [6.07, 6.45) is 8.75. The number of aliphatic hydroxyl groups is 1. The Kier molecular flexibility index (Phi) is 9.34. The molecule has 1 aliphatic carbocycles. The van der Waals surface area contributed by atoms with Crippen molar-refractivity contribution in [3.63, 3.8) is 0 Å². The number of aromatic hydroxyl groups is 2. The average molecular weight is 470 g/mol. The highest BCUT2D eigenvalue weighted by molar-refractivity contribution is 9.09. The quantitative estimate of drug-likeness (QED) is 0.259. The van der Waals surface area contributed by atoms with Crippen LogP contribution in [0.3, 0.4) is 0 Å². The summed E-state index contributed by atoms with van der Waals surface area (Å²) >= 11 is 3.48. The van der Waals surface area contributed by atoms with Crippen molar-refractivity contribution in [1.29, 1.82) is 0 Å². The van der Waals surface area contributed by atoms with E-state index in [2.05, 4.69) is 43.6 Å². The molecule has 0 aliphatic heterocycles. The van der Waals surface area contributed by atoms with Crippen LogP contribution in [0.4, 0.5) is 0 Å². The highest BCUT2D eigenvalue weighted by atomic mass is 79.9. The molecule has 1 fully saturated rings. The molecular formula is C25H41BrO3. The Morgan fingerprint density at radius 2 is 1.66 bits per heavy atom. The van der Waals surface area contributed by atoms with Crippen molar-refractivity contribution in [3.8, 4) is 11.5 Å². The maximum absolute atomic E-state index is 11.0. The van der Waals surface area contributed by atoms with Crippen molar-refractivity contribution in [2.45, 2.75) is 90.4 Å². The van der Waals surface area contributed by atoms with Crippen molar-refractivity contribution < 1.29 is 15.3 Å². The van der Waals surface area contributed by atoms with Crippen molar-refractivity contribution >= 4 is 15.9 Å². The molecule has 1 aromatic rings. The first-order valence-corrected chi connectivity index (χ1v) is 12.6. The van der Waals surface area contributed by atoms with Gasteiger partial charge in [-0.1, -0.05) is 62.9 Å². The van der Waals surface area contributed by atoms with Crippen LogP contribution in [0.5, 0.6) is 11.5 Å². The Morgan fingerprint density at radius 3 is 2.21 bits per heavy atom. The van der Waals surface area contributed by atoms with Gasteiger partial charge in [-0.3, -0.25) is 0 Å². The van der Waals surface area contributed by atoms with E-state index in [0.717, 1.165) is 43.0 Å². The third-order valence-corrected chi connectivity index (χ3v) is 7.66. The van der Waals surface area contributed by atoms with Gasteiger partial charge in [0.15, 0.2) is 0 Å². The number of halogens is 1. The van der Waals surface area contributed by atoms with E-state index in [1.165, 1.54) is 19.3 Å². The molecule has 0 spiro atoms. The van der Waals surface area contributed by atoms with Crippen molar-refractivity contribution in [1.82, 2.24) is 0 Å². The van der Waals surface area contributed by atoms with E-state index >= 15 is 0 Å². The van der Waals surface area contributed by atoms with E-state index in [9.17, 15) is 15.3 Å². The van der Waals surface area contributed by atoms with Crippen LogP contribution in [0.2, 0.25) is 0 Å². The number of phenolic OH excluding ortho intramolecular Hbond substituents is 2. The van der Waals surface area contributed by atoms with E-state index in [4.69, 9.17) is 0 Å². The topological polar surface area (TPSA) is 60.7 Å². The molecule has 3 nitrogen and oxygen atoms in total. The normalized spacial score (nSPS) is 22.9. The molecule has 0 amide bonds. The molecule has 1 aliphatic rings. The molecule has 0 heterocycles. The Labute approximate surface area is 186 Å². The number of aliphatic hydroxyl groups excluding tert-OH is 1. The standard InChI is InChI=1S/C25H41BrO3/c1-17(2)20-10-9-18(16-27)13-21(20)24-22(28)14-19(15-23(24)29)25(3,4)11-7-5-6-8-12-26/h14-15,17-18,20-21,27-29H,5-13,16H2,1-4H3/t18-,20+,21-/m1/s1. The van der Waals surface area contributed by atoms with Crippen LogP contribution in [-0.4, -0.2) is 27.3 Å². The van der Waals surface area contributed by atoms with Gasteiger partial charge in [0.25, 0.3) is 0 Å². The molecular weight excluding hydrogens is 428 g/mol. The van der Waals surface area contributed by atoms with E-state index in [-0.39, 0.29) is 35.4 Å². The Balaban J connectivity index is 2.23. The summed E-state index contributed by atoms with van der Waals surface area (Å²) < 4.78 is 0. The van der Waals surface area contributed by atoms with Crippen LogP contribution in [0, 0.1) is 17.8 Å². The predicted octanol–water partition coefficient (Wildman–Crippen LogP) is 6.87. The van der Waals surface area contributed by atoms with Gasteiger partial charge in [0, 0.05) is 17.5 Å². The van der Waals surface area contributed by atoms with Gasteiger partial charge in [-0.2, -0.15) is 0 Å². The van der Waals surface area contributed by atoms with Crippen LogP contribution in [0.1, 0.15) is 96.1 Å². The fourth-order valence-electron chi connectivity index (χ4n) is 5.13. The first kappa shape index (κ1) is 24.5. The summed E-state index contributed by atoms with van der Waals surface area (Å²) in [6, 6.07) is 3.76. The molecule has 0 bridgehead atoms. The minimum absolute atomic E-state index is 0.0838. The SMILES string of the molecule is CC(C)[C@@H]1CC[C@@H](CO)C[C@H]1c1c(O)cc(C(C)(C)CCCCCCBr)cc1O. The van der Waals surface area contributed by atoms with E-state index < -0.39 is 0 Å². The monoisotopic (exact) mass is 468 g/mol. The predicted molar refractivity (Wildman–Crippen MR) is 125 cm³/mol. The molecule has 3 N–H and O–H groups in total. The second-order valence-corrected chi connectivity index (χ2v) is 10.8. The fourth-order valence-corrected chi connectivity index (χ4v) is 5.53. The second kappa shape index (κ2) is 11.0. The minimum atomic E-state index is -0.0838. The number of rotatable bonds is 10. The summed E-state index contributed by atoms with van der Waals surface area (Å²) in [6.45, 7) is 9.02. The summed E-state index contributed by atoms with van der Waals surface area (Å²) in [5, 5.41) is 32.7. The molecule has 0 unspecified atom stereocenters. The lowest BCUT2D eigenvalue weighted by Gasteiger charge is -2.39. The molecule has 0 radical (unpaired) electrons. The maximum Gasteiger partial charge on any atom is 0.123 e. The highest BCUT2D eigenvalue weighted by Gasteiger charge is 2.36. The van der Waals surface area contributed by atoms with Gasteiger partial charge in [-0.05, 0) is 78.9 Å². The van der Waals surface area contributed by atoms with Gasteiger partial charge in [-0.15, -0.1) is 0 Å². The van der Waals surface area contributed by atoms with Crippen LogP contribution in [0.25, 0.3) is 0 Å². The molecule has 1 saturated carbocycles. The fraction of sp³-hybridized carbons (Fsp3) is 0.760. The number of hydrogen-bond donors (Lipinski definition) is 3. The Hall–Kier alpha value is -0.740. The lowest BCUT2D eigenvalue weighted by atomic mass is 9.66. The molecule has 166 valence electrons. The third-order valence-electron chi connectivity index (χ3n) is 7.10. The number of unbranched alkanes of at least 4 members (excludes halogenated alkanes) is 3. The summed E-state index contributed by atoms with van der Waals surface area (Å²) in [5.41, 5.74) is 1.62. The molecule has 3 atom stereocenters. The zero-order chi connectivity index (χ0) is 21.6. The van der Waals surface area contributed by atoms with Gasteiger partial charge in [0.1, 0.15) is 11.5 Å². The van der Waals surface area contributed by atoms with E-state index in [1.807, 2.05) is 12.1 Å². The molecule has 0 saturated heterocycles. The third kappa shape index (κ3) is 6.37. The van der Waals surface area contributed by atoms with Crippen LogP contribution >= 0.6 is 15.9 Å². The zero-order valence-electron chi connectivity index (χ0n) is 18.8. The lowest BCUT2D eigenvalue weighted by Crippen LogP contribution is -2.28. The Bertz CT molecular complexity index is 618. The Morgan fingerprint density at radius 1 is 1.03 bits per heavy atom. The molecule has 1 aromatic carbocycles. The zero-order valence-corrected chi connectivity index (χ0v) is 20.3. The number of alkyl halides is 1. The molecule has 4 heteroatoms. The average Bonchev–Trinajstić information content (AvgIpc) is 2.66. The summed E-state index contributed by atoms with van der Waals surface area (Å²) in [4.78, 5) is 0. The van der Waals surface area contributed by atoms with Gasteiger partial charge >= 0.3 is 0 Å². The number of hydrogen-bond acceptors (Lipinski definition) is 3. The summed E-state index contributed by atoms with van der Waals surface area (Å²) in [7, 11) is 0. The lowest BCUT2D eigenvalue weighted by molar-refractivity contribution is 0.128.